The molecule has 0 unspecified atom stereocenters. The Balaban J connectivity index is 2.33. The van der Waals surface area contributed by atoms with Crippen molar-refractivity contribution in [3.05, 3.63) is 58.9 Å². The van der Waals surface area contributed by atoms with Crippen LogP contribution in [-0.2, 0) is 0 Å². The topological polar surface area (TPSA) is 55.1 Å². The highest BCUT2D eigenvalue weighted by Gasteiger charge is 2.17. The highest BCUT2D eigenvalue weighted by molar-refractivity contribution is 6.32. The lowest BCUT2D eigenvalue weighted by Gasteiger charge is -2.08. The summed E-state index contributed by atoms with van der Waals surface area (Å²) >= 11 is 5.88. The smallest absolute Gasteiger partial charge is 0.337 e. The minimum atomic E-state index is -1.14. The SMILES string of the molecule is O=C(O)c1cccc2c1ncn2-c1c(F)cc(F)cc1Cl. The Morgan fingerprint density at radius 1 is 1.29 bits per heavy atom. The summed E-state index contributed by atoms with van der Waals surface area (Å²) in [4.78, 5) is 15.1. The molecule has 106 valence electrons. The number of carbonyl (C=O) groups is 1. The Morgan fingerprint density at radius 2 is 2.05 bits per heavy atom. The van der Waals surface area contributed by atoms with Crippen molar-refractivity contribution in [2.75, 3.05) is 0 Å². The van der Waals surface area contributed by atoms with Crippen molar-refractivity contribution in [1.82, 2.24) is 9.55 Å². The van der Waals surface area contributed by atoms with Gasteiger partial charge in [0.1, 0.15) is 23.3 Å². The summed E-state index contributed by atoms with van der Waals surface area (Å²) in [6.45, 7) is 0. The van der Waals surface area contributed by atoms with Crippen molar-refractivity contribution in [2.45, 2.75) is 0 Å². The molecule has 0 radical (unpaired) electrons. The molecule has 0 saturated heterocycles. The fourth-order valence-corrected chi connectivity index (χ4v) is 2.44. The van der Waals surface area contributed by atoms with E-state index in [9.17, 15) is 13.6 Å². The van der Waals surface area contributed by atoms with Crippen LogP contribution in [0.5, 0.6) is 0 Å². The average Bonchev–Trinajstić information content (AvgIpc) is 2.81. The molecule has 1 heterocycles. The van der Waals surface area contributed by atoms with E-state index in [-0.39, 0.29) is 21.8 Å². The normalized spacial score (nSPS) is 11.0. The lowest BCUT2D eigenvalue weighted by molar-refractivity contribution is 0.0699. The Bertz CT molecular complexity index is 854. The minimum absolute atomic E-state index is 0.00936. The number of carboxylic acids is 1. The fraction of sp³-hybridized carbons (Fsp3) is 0. The molecule has 0 atom stereocenters. The molecule has 0 saturated carbocycles. The van der Waals surface area contributed by atoms with Crippen molar-refractivity contribution in [3.8, 4) is 5.69 Å². The summed E-state index contributed by atoms with van der Waals surface area (Å²) in [5.41, 5.74) is 0.472. The van der Waals surface area contributed by atoms with Crippen molar-refractivity contribution < 1.29 is 18.7 Å². The number of hydrogen-bond acceptors (Lipinski definition) is 2. The Labute approximate surface area is 122 Å². The molecule has 1 N–H and O–H groups in total. The van der Waals surface area contributed by atoms with Crippen LogP contribution in [0.1, 0.15) is 10.4 Å². The quantitative estimate of drug-likeness (QED) is 0.786. The van der Waals surface area contributed by atoms with Crippen LogP contribution in [0, 0.1) is 11.6 Å². The summed E-state index contributed by atoms with van der Waals surface area (Å²) < 4.78 is 28.4. The van der Waals surface area contributed by atoms with E-state index in [0.29, 0.717) is 11.6 Å². The molecule has 4 nitrogen and oxygen atoms in total. The maximum atomic E-state index is 14.0. The van der Waals surface area contributed by atoms with Gasteiger partial charge in [-0.05, 0) is 18.2 Å². The second-order valence-corrected chi connectivity index (χ2v) is 4.72. The number of aromatic carboxylic acids is 1. The maximum absolute atomic E-state index is 14.0. The first-order valence-corrected chi connectivity index (χ1v) is 6.21. The monoisotopic (exact) mass is 308 g/mol. The molecule has 1 aromatic heterocycles. The first-order valence-electron chi connectivity index (χ1n) is 5.83. The Morgan fingerprint density at radius 3 is 2.71 bits per heavy atom. The molecule has 0 spiro atoms. The molecule has 0 amide bonds. The van der Waals surface area contributed by atoms with Gasteiger partial charge < -0.3 is 5.11 Å². The molecule has 21 heavy (non-hydrogen) atoms. The highest BCUT2D eigenvalue weighted by atomic mass is 35.5. The number of para-hydroxylation sites is 1. The van der Waals surface area contributed by atoms with Crippen LogP contribution in [0.15, 0.2) is 36.7 Å². The van der Waals surface area contributed by atoms with E-state index in [0.717, 1.165) is 6.07 Å². The van der Waals surface area contributed by atoms with Gasteiger partial charge in [0, 0.05) is 6.07 Å². The van der Waals surface area contributed by atoms with Crippen LogP contribution in [0.2, 0.25) is 5.02 Å². The van der Waals surface area contributed by atoms with Crippen LogP contribution in [0.4, 0.5) is 8.78 Å². The van der Waals surface area contributed by atoms with Gasteiger partial charge in [-0.1, -0.05) is 17.7 Å². The zero-order valence-corrected chi connectivity index (χ0v) is 11.1. The molecule has 0 aliphatic heterocycles. The van der Waals surface area contributed by atoms with E-state index in [1.54, 1.807) is 6.07 Å². The van der Waals surface area contributed by atoms with Crippen LogP contribution in [0.25, 0.3) is 16.7 Å². The molecule has 0 aliphatic carbocycles. The number of rotatable bonds is 2. The van der Waals surface area contributed by atoms with E-state index in [4.69, 9.17) is 16.7 Å². The van der Waals surface area contributed by atoms with Crippen molar-refractivity contribution in [2.24, 2.45) is 0 Å². The molecular formula is C14H7ClF2N2O2. The van der Waals surface area contributed by atoms with E-state index >= 15 is 0 Å². The first-order chi connectivity index (χ1) is 9.99. The third-order valence-corrected chi connectivity index (χ3v) is 3.32. The summed E-state index contributed by atoms with van der Waals surface area (Å²) in [7, 11) is 0. The molecule has 3 rings (SSSR count). The number of halogens is 3. The zero-order chi connectivity index (χ0) is 15.1. The summed E-state index contributed by atoms with van der Waals surface area (Å²) in [5.74, 6) is -2.80. The number of imidazole rings is 1. The van der Waals surface area contributed by atoms with Gasteiger partial charge in [-0.25, -0.2) is 18.6 Å². The molecule has 7 heteroatoms. The van der Waals surface area contributed by atoms with Crippen molar-refractivity contribution in [1.29, 1.82) is 0 Å². The summed E-state index contributed by atoms with van der Waals surface area (Å²) in [6, 6.07) is 6.17. The highest BCUT2D eigenvalue weighted by Crippen LogP contribution is 2.29. The lowest BCUT2D eigenvalue weighted by atomic mass is 10.2. The van der Waals surface area contributed by atoms with Crippen LogP contribution in [-0.4, -0.2) is 20.6 Å². The third-order valence-electron chi connectivity index (χ3n) is 3.03. The van der Waals surface area contributed by atoms with Crippen LogP contribution < -0.4 is 0 Å². The van der Waals surface area contributed by atoms with Gasteiger partial charge in [0.05, 0.1) is 16.1 Å². The molecule has 0 aliphatic rings. The van der Waals surface area contributed by atoms with Gasteiger partial charge in [0.2, 0.25) is 0 Å². The molecular weight excluding hydrogens is 302 g/mol. The van der Waals surface area contributed by atoms with E-state index < -0.39 is 17.6 Å². The number of fused-ring (bicyclic) bond motifs is 1. The maximum Gasteiger partial charge on any atom is 0.337 e. The Hall–Kier alpha value is -2.47. The van der Waals surface area contributed by atoms with Crippen LogP contribution in [0.3, 0.4) is 0 Å². The molecule has 0 fully saturated rings. The van der Waals surface area contributed by atoms with Gasteiger partial charge in [-0.3, -0.25) is 4.57 Å². The molecule has 3 aromatic rings. The van der Waals surface area contributed by atoms with E-state index in [1.807, 2.05) is 0 Å². The summed E-state index contributed by atoms with van der Waals surface area (Å²) in [6.07, 6.45) is 1.25. The first kappa shape index (κ1) is 13.5. The standard InChI is InChI=1S/C14H7ClF2N2O2/c15-9-4-7(16)5-10(17)13(9)19-6-18-12-8(14(20)21)2-1-3-11(12)19/h1-6H,(H,20,21). The third kappa shape index (κ3) is 2.13. The number of nitrogens with zero attached hydrogens (tertiary/aromatic N) is 2. The van der Waals surface area contributed by atoms with E-state index in [2.05, 4.69) is 4.98 Å². The van der Waals surface area contributed by atoms with E-state index in [1.165, 1.54) is 23.0 Å². The van der Waals surface area contributed by atoms with Gasteiger partial charge in [-0.15, -0.1) is 0 Å². The van der Waals surface area contributed by atoms with Gasteiger partial charge in [0.15, 0.2) is 5.82 Å². The number of hydrogen-bond donors (Lipinski definition) is 1. The fourth-order valence-electron chi connectivity index (χ4n) is 2.15. The lowest BCUT2D eigenvalue weighted by Crippen LogP contribution is -2.00. The largest absolute Gasteiger partial charge is 0.478 e. The summed E-state index contributed by atoms with van der Waals surface area (Å²) in [5, 5.41) is 8.98. The van der Waals surface area contributed by atoms with Crippen molar-refractivity contribution in [3.63, 3.8) is 0 Å². The predicted octanol–water partition coefficient (Wildman–Crippen LogP) is 3.66. The van der Waals surface area contributed by atoms with Gasteiger partial charge >= 0.3 is 5.97 Å². The molecule has 2 aromatic carbocycles. The second-order valence-electron chi connectivity index (χ2n) is 4.31. The van der Waals surface area contributed by atoms with Crippen LogP contribution >= 0.6 is 11.6 Å². The van der Waals surface area contributed by atoms with Crippen molar-refractivity contribution >= 4 is 28.6 Å². The minimum Gasteiger partial charge on any atom is -0.478 e. The predicted molar refractivity (Wildman–Crippen MR) is 73.0 cm³/mol. The van der Waals surface area contributed by atoms with Gasteiger partial charge in [0.25, 0.3) is 0 Å². The number of carboxylic acid groups (broad SMARTS) is 1. The number of aromatic nitrogens is 2. The number of benzene rings is 2. The zero-order valence-electron chi connectivity index (χ0n) is 10.3. The molecule has 0 bridgehead atoms. The average molecular weight is 309 g/mol. The van der Waals surface area contributed by atoms with Gasteiger partial charge in [-0.2, -0.15) is 0 Å². The Kier molecular flexibility index (Phi) is 3.10. The second kappa shape index (κ2) is 4.82.